The van der Waals surface area contributed by atoms with Crippen LogP contribution in [0.1, 0.15) is 18.1 Å². The Morgan fingerprint density at radius 3 is 2.43 bits per heavy atom. The number of amides is 1. The molecule has 0 heterocycles. The van der Waals surface area contributed by atoms with Crippen LogP contribution in [0, 0.1) is 0 Å². The molecular formula is C20H26ClIN4O2. The lowest BCUT2D eigenvalue weighted by atomic mass is 10.2. The van der Waals surface area contributed by atoms with E-state index in [0.29, 0.717) is 30.6 Å². The lowest BCUT2D eigenvalue weighted by molar-refractivity contribution is -0.120. The molecule has 0 bridgehead atoms. The number of hydrogen-bond acceptors (Lipinski definition) is 3. The Morgan fingerprint density at radius 1 is 1.07 bits per heavy atom. The molecular weight excluding hydrogens is 491 g/mol. The van der Waals surface area contributed by atoms with Crippen molar-refractivity contribution in [3.63, 3.8) is 0 Å². The lowest BCUT2D eigenvalue weighted by Crippen LogP contribution is -2.43. The van der Waals surface area contributed by atoms with Crippen LogP contribution >= 0.6 is 35.6 Å². The van der Waals surface area contributed by atoms with E-state index in [4.69, 9.17) is 16.3 Å². The van der Waals surface area contributed by atoms with Crippen molar-refractivity contribution in [2.24, 2.45) is 4.99 Å². The summed E-state index contributed by atoms with van der Waals surface area (Å²) in [6.45, 7) is 3.68. The van der Waals surface area contributed by atoms with E-state index in [2.05, 4.69) is 20.9 Å². The summed E-state index contributed by atoms with van der Waals surface area (Å²) >= 11 is 6.15. The minimum absolute atomic E-state index is 0. The number of methoxy groups -OCH3 is 1. The van der Waals surface area contributed by atoms with Crippen LogP contribution in [0.3, 0.4) is 0 Å². The zero-order valence-electron chi connectivity index (χ0n) is 16.0. The maximum atomic E-state index is 12.1. The van der Waals surface area contributed by atoms with Crippen LogP contribution in [0.5, 0.6) is 5.75 Å². The number of benzene rings is 2. The summed E-state index contributed by atoms with van der Waals surface area (Å²) in [5.74, 6) is 1.24. The van der Waals surface area contributed by atoms with Crippen LogP contribution in [-0.4, -0.2) is 32.1 Å². The van der Waals surface area contributed by atoms with Crippen LogP contribution in [0.15, 0.2) is 53.5 Å². The van der Waals surface area contributed by atoms with Crippen molar-refractivity contribution in [3.05, 3.63) is 64.7 Å². The number of carbonyl (C=O) groups is 1. The Labute approximate surface area is 188 Å². The maximum absolute atomic E-state index is 12.1. The molecule has 0 saturated carbocycles. The highest BCUT2D eigenvalue weighted by Gasteiger charge is 2.05. The highest BCUT2D eigenvalue weighted by Crippen LogP contribution is 2.15. The molecule has 2 aromatic carbocycles. The van der Waals surface area contributed by atoms with Crippen LogP contribution in [-0.2, 0) is 17.9 Å². The van der Waals surface area contributed by atoms with E-state index in [1.165, 1.54) is 0 Å². The van der Waals surface area contributed by atoms with Crippen molar-refractivity contribution in [2.45, 2.75) is 20.0 Å². The number of ether oxygens (including phenoxy) is 1. The molecule has 6 nitrogen and oxygen atoms in total. The van der Waals surface area contributed by atoms with Gasteiger partial charge in [-0.25, -0.2) is 4.99 Å². The van der Waals surface area contributed by atoms with Crippen LogP contribution in [0.4, 0.5) is 0 Å². The molecule has 0 aliphatic rings. The first kappa shape index (κ1) is 24.0. The standard InChI is InChI=1S/C20H25ClN4O2.HI/c1-3-22-20(24-13-16-6-4-5-7-18(16)21)25-14-19(26)23-12-15-8-10-17(27-2)11-9-15;/h4-11H,3,12-14H2,1-2H3,(H,23,26)(H2,22,24,25);1H. The highest BCUT2D eigenvalue weighted by molar-refractivity contribution is 14.0. The van der Waals surface area contributed by atoms with Gasteiger partial charge in [0.25, 0.3) is 0 Å². The largest absolute Gasteiger partial charge is 0.497 e. The molecule has 2 aromatic rings. The molecule has 1 amide bonds. The van der Waals surface area contributed by atoms with Crippen molar-refractivity contribution in [1.82, 2.24) is 16.0 Å². The van der Waals surface area contributed by atoms with Gasteiger partial charge in [0, 0.05) is 18.1 Å². The SMILES string of the molecule is CCNC(=NCc1ccccc1Cl)NCC(=O)NCc1ccc(OC)cc1.I. The summed E-state index contributed by atoms with van der Waals surface area (Å²) in [5.41, 5.74) is 1.93. The number of carbonyl (C=O) groups excluding carboxylic acids is 1. The van der Waals surface area contributed by atoms with E-state index in [1.807, 2.05) is 55.5 Å². The van der Waals surface area contributed by atoms with E-state index in [-0.39, 0.29) is 36.4 Å². The van der Waals surface area contributed by atoms with Gasteiger partial charge in [-0.15, -0.1) is 24.0 Å². The lowest BCUT2D eigenvalue weighted by Gasteiger charge is -2.12. The van der Waals surface area contributed by atoms with E-state index in [1.54, 1.807) is 7.11 Å². The second-order valence-corrected chi connectivity index (χ2v) is 6.17. The van der Waals surface area contributed by atoms with E-state index in [9.17, 15) is 4.79 Å². The number of nitrogens with one attached hydrogen (secondary N) is 3. The summed E-state index contributed by atoms with van der Waals surface area (Å²) in [6, 6.07) is 15.1. The van der Waals surface area contributed by atoms with Gasteiger partial charge in [-0.1, -0.05) is 41.9 Å². The molecule has 0 aliphatic heterocycles. The average molecular weight is 517 g/mol. The van der Waals surface area contributed by atoms with Gasteiger partial charge in [-0.05, 0) is 36.2 Å². The normalized spacial score (nSPS) is 10.6. The summed E-state index contributed by atoms with van der Waals surface area (Å²) < 4.78 is 5.12. The van der Waals surface area contributed by atoms with E-state index < -0.39 is 0 Å². The van der Waals surface area contributed by atoms with Gasteiger partial charge in [0.2, 0.25) is 5.91 Å². The molecule has 8 heteroatoms. The van der Waals surface area contributed by atoms with Gasteiger partial charge in [-0.3, -0.25) is 4.79 Å². The van der Waals surface area contributed by atoms with Gasteiger partial charge in [0.1, 0.15) is 5.75 Å². The van der Waals surface area contributed by atoms with Crippen LogP contribution < -0.4 is 20.7 Å². The number of aliphatic imine (C=N–C) groups is 1. The summed E-state index contributed by atoms with van der Waals surface area (Å²) in [5, 5.41) is 9.69. The smallest absolute Gasteiger partial charge is 0.239 e. The molecule has 0 fully saturated rings. The third-order valence-electron chi connectivity index (χ3n) is 3.77. The Hall–Kier alpha value is -2.00. The molecule has 0 radical (unpaired) electrons. The van der Waals surface area contributed by atoms with Gasteiger partial charge in [0.15, 0.2) is 5.96 Å². The second kappa shape index (κ2) is 13.2. The first-order valence-corrected chi connectivity index (χ1v) is 9.15. The van der Waals surface area contributed by atoms with E-state index >= 15 is 0 Å². The van der Waals surface area contributed by atoms with Crippen molar-refractivity contribution in [2.75, 3.05) is 20.2 Å². The second-order valence-electron chi connectivity index (χ2n) is 5.76. The fourth-order valence-electron chi connectivity index (χ4n) is 2.30. The maximum Gasteiger partial charge on any atom is 0.239 e. The van der Waals surface area contributed by atoms with Gasteiger partial charge in [-0.2, -0.15) is 0 Å². The summed E-state index contributed by atoms with van der Waals surface area (Å²) in [4.78, 5) is 16.5. The van der Waals surface area contributed by atoms with Crippen molar-refractivity contribution >= 4 is 47.4 Å². The number of rotatable bonds is 8. The van der Waals surface area contributed by atoms with E-state index in [0.717, 1.165) is 16.9 Å². The van der Waals surface area contributed by atoms with Crippen molar-refractivity contribution < 1.29 is 9.53 Å². The Balaban J connectivity index is 0.00000392. The zero-order chi connectivity index (χ0) is 19.5. The summed E-state index contributed by atoms with van der Waals surface area (Å²) in [6.07, 6.45) is 0. The van der Waals surface area contributed by atoms with Gasteiger partial charge < -0.3 is 20.7 Å². The number of guanidine groups is 1. The first-order valence-electron chi connectivity index (χ1n) is 8.77. The van der Waals surface area contributed by atoms with Crippen molar-refractivity contribution in [1.29, 1.82) is 0 Å². The minimum Gasteiger partial charge on any atom is -0.497 e. The third-order valence-corrected chi connectivity index (χ3v) is 4.14. The molecule has 0 atom stereocenters. The Morgan fingerprint density at radius 2 is 1.79 bits per heavy atom. The summed E-state index contributed by atoms with van der Waals surface area (Å²) in [7, 11) is 1.62. The molecule has 0 spiro atoms. The predicted octanol–water partition coefficient (Wildman–Crippen LogP) is 3.34. The Kier molecular flexibility index (Phi) is 11.4. The molecule has 2 rings (SSSR count). The molecule has 152 valence electrons. The van der Waals surface area contributed by atoms with Gasteiger partial charge in [0.05, 0.1) is 20.2 Å². The fourth-order valence-corrected chi connectivity index (χ4v) is 2.50. The number of halogens is 2. The highest BCUT2D eigenvalue weighted by atomic mass is 127. The number of nitrogens with zero attached hydrogens (tertiary/aromatic N) is 1. The molecule has 28 heavy (non-hydrogen) atoms. The molecule has 0 saturated heterocycles. The van der Waals surface area contributed by atoms with Crippen molar-refractivity contribution in [3.8, 4) is 5.75 Å². The van der Waals surface area contributed by atoms with Gasteiger partial charge >= 0.3 is 0 Å². The predicted molar refractivity (Wildman–Crippen MR) is 125 cm³/mol. The molecule has 0 aromatic heterocycles. The Bertz CT molecular complexity index is 769. The molecule has 3 N–H and O–H groups in total. The monoisotopic (exact) mass is 516 g/mol. The van der Waals surface area contributed by atoms with Crippen LogP contribution in [0.2, 0.25) is 5.02 Å². The quantitative estimate of drug-likeness (QED) is 0.286. The number of hydrogen-bond donors (Lipinski definition) is 3. The average Bonchev–Trinajstić information content (AvgIpc) is 2.70. The topological polar surface area (TPSA) is 74.8 Å². The molecule has 0 aliphatic carbocycles. The minimum atomic E-state index is -0.117. The fraction of sp³-hybridized carbons (Fsp3) is 0.300. The van der Waals surface area contributed by atoms with Crippen LogP contribution in [0.25, 0.3) is 0 Å². The zero-order valence-corrected chi connectivity index (χ0v) is 19.1. The third kappa shape index (κ3) is 8.35. The molecule has 0 unspecified atom stereocenters. The first-order chi connectivity index (χ1) is 13.1.